The number of nitriles is 1. The summed E-state index contributed by atoms with van der Waals surface area (Å²) in [5.74, 6) is 0.481. The van der Waals surface area contributed by atoms with Crippen molar-refractivity contribution < 1.29 is 4.79 Å². The van der Waals surface area contributed by atoms with Crippen LogP contribution in [-0.4, -0.2) is 11.7 Å². The second-order valence-corrected chi connectivity index (χ2v) is 5.20. The number of thioether (sulfide) groups is 1. The highest BCUT2D eigenvalue weighted by Gasteiger charge is 2.29. The molecular formula is C15H14N2OS. The maximum Gasteiger partial charge on any atom is 0.225 e. The van der Waals surface area contributed by atoms with Gasteiger partial charge >= 0.3 is 0 Å². The predicted molar refractivity (Wildman–Crippen MR) is 77.2 cm³/mol. The minimum atomic E-state index is -0.146. The summed E-state index contributed by atoms with van der Waals surface area (Å²) >= 11 is 1.44. The minimum absolute atomic E-state index is 0.0422. The van der Waals surface area contributed by atoms with Crippen molar-refractivity contribution >= 4 is 17.7 Å². The number of hydrogen-bond acceptors (Lipinski definition) is 3. The van der Waals surface area contributed by atoms with Gasteiger partial charge in [0.05, 0.1) is 16.7 Å². The molecule has 1 aromatic rings. The van der Waals surface area contributed by atoms with Gasteiger partial charge in [-0.2, -0.15) is 5.26 Å². The molecule has 0 unspecified atom stereocenters. The highest BCUT2D eigenvalue weighted by atomic mass is 32.2. The summed E-state index contributed by atoms with van der Waals surface area (Å²) in [7, 11) is 0. The summed E-state index contributed by atoms with van der Waals surface area (Å²) in [6, 6.07) is 11.9. The van der Waals surface area contributed by atoms with Crippen molar-refractivity contribution in [2.24, 2.45) is 0 Å². The molecule has 2 rings (SSSR count). The van der Waals surface area contributed by atoms with E-state index in [9.17, 15) is 10.1 Å². The Balaban J connectivity index is 2.39. The van der Waals surface area contributed by atoms with Gasteiger partial charge in [0.25, 0.3) is 0 Å². The Bertz CT molecular complexity index is 557. The lowest BCUT2D eigenvalue weighted by molar-refractivity contribution is -0.120. The zero-order valence-corrected chi connectivity index (χ0v) is 11.2. The van der Waals surface area contributed by atoms with Gasteiger partial charge in [0.15, 0.2) is 0 Å². The molecule has 1 aliphatic rings. The first kappa shape index (κ1) is 13.4. The van der Waals surface area contributed by atoms with E-state index in [4.69, 9.17) is 0 Å². The molecular weight excluding hydrogens is 256 g/mol. The number of amides is 1. The van der Waals surface area contributed by atoms with Crippen LogP contribution in [0, 0.1) is 11.3 Å². The molecule has 0 spiro atoms. The molecule has 0 saturated heterocycles. The molecule has 1 atom stereocenters. The lowest BCUT2D eigenvalue weighted by atomic mass is 9.87. The molecule has 19 heavy (non-hydrogen) atoms. The molecule has 0 saturated carbocycles. The monoisotopic (exact) mass is 270 g/mol. The summed E-state index contributed by atoms with van der Waals surface area (Å²) in [6.07, 6.45) is 2.08. The second kappa shape index (κ2) is 6.26. The predicted octanol–water partition coefficient (Wildman–Crippen LogP) is 2.94. The third-order valence-electron chi connectivity index (χ3n) is 2.90. The van der Waals surface area contributed by atoms with Gasteiger partial charge in [-0.15, -0.1) is 18.3 Å². The van der Waals surface area contributed by atoms with E-state index in [1.807, 2.05) is 30.3 Å². The molecule has 1 aliphatic heterocycles. The van der Waals surface area contributed by atoms with E-state index in [1.54, 1.807) is 6.08 Å². The number of rotatable bonds is 4. The summed E-state index contributed by atoms with van der Waals surface area (Å²) < 4.78 is 0. The Hall–Kier alpha value is -1.99. The number of nitrogens with zero attached hydrogens (tertiary/aromatic N) is 1. The number of hydrogen-bond donors (Lipinski definition) is 1. The topological polar surface area (TPSA) is 52.9 Å². The van der Waals surface area contributed by atoms with Crippen LogP contribution in [0.5, 0.6) is 0 Å². The molecule has 96 valence electrons. The maximum atomic E-state index is 11.8. The Morgan fingerprint density at radius 1 is 1.47 bits per heavy atom. The fraction of sp³-hybridized carbons (Fsp3) is 0.200. The highest BCUT2D eigenvalue weighted by Crippen LogP contribution is 2.35. The lowest BCUT2D eigenvalue weighted by Gasteiger charge is -2.24. The standard InChI is InChI=1S/C15H14N2OS/c1-2-8-19-15-13(10-16)12(9-14(18)17-15)11-6-4-3-5-7-11/h2-7,12H,1,8-9H2,(H,17,18)/t12-/m1/s1. The van der Waals surface area contributed by atoms with Gasteiger partial charge in [0, 0.05) is 18.1 Å². The molecule has 1 N–H and O–H groups in total. The van der Waals surface area contributed by atoms with Crippen LogP contribution in [0.4, 0.5) is 0 Å². The van der Waals surface area contributed by atoms with Crippen LogP contribution >= 0.6 is 11.8 Å². The molecule has 0 radical (unpaired) electrons. The zero-order valence-electron chi connectivity index (χ0n) is 10.4. The molecule has 0 aliphatic carbocycles. The number of carbonyl (C=O) groups is 1. The van der Waals surface area contributed by atoms with Crippen LogP contribution in [0.1, 0.15) is 17.9 Å². The highest BCUT2D eigenvalue weighted by molar-refractivity contribution is 8.03. The van der Waals surface area contributed by atoms with E-state index in [2.05, 4.69) is 18.0 Å². The van der Waals surface area contributed by atoms with Crippen LogP contribution < -0.4 is 5.32 Å². The van der Waals surface area contributed by atoms with E-state index in [1.165, 1.54) is 11.8 Å². The normalized spacial score (nSPS) is 18.7. The summed E-state index contributed by atoms with van der Waals surface area (Å²) in [4.78, 5) is 11.8. The van der Waals surface area contributed by atoms with E-state index in [-0.39, 0.29) is 11.8 Å². The first-order valence-corrected chi connectivity index (χ1v) is 6.97. The quantitative estimate of drug-likeness (QED) is 0.856. The van der Waals surface area contributed by atoms with Crippen molar-refractivity contribution in [2.45, 2.75) is 12.3 Å². The van der Waals surface area contributed by atoms with Gasteiger partial charge in [-0.3, -0.25) is 4.79 Å². The van der Waals surface area contributed by atoms with E-state index in [0.29, 0.717) is 22.8 Å². The first-order valence-electron chi connectivity index (χ1n) is 5.99. The van der Waals surface area contributed by atoms with Crippen molar-refractivity contribution in [3.63, 3.8) is 0 Å². The maximum absolute atomic E-state index is 11.8. The van der Waals surface area contributed by atoms with Gasteiger partial charge < -0.3 is 5.32 Å². The van der Waals surface area contributed by atoms with Crippen LogP contribution in [0.15, 0.2) is 53.6 Å². The van der Waals surface area contributed by atoms with Crippen molar-refractivity contribution in [1.82, 2.24) is 5.32 Å². The Kier molecular flexibility index (Phi) is 4.43. The van der Waals surface area contributed by atoms with Crippen molar-refractivity contribution in [1.29, 1.82) is 5.26 Å². The third-order valence-corrected chi connectivity index (χ3v) is 3.92. The van der Waals surface area contributed by atoms with Gasteiger partial charge in [0.1, 0.15) is 0 Å². The fourth-order valence-corrected chi connectivity index (χ4v) is 2.86. The molecule has 0 aromatic heterocycles. The Labute approximate surface area is 117 Å². The second-order valence-electron chi connectivity index (χ2n) is 4.17. The summed E-state index contributed by atoms with van der Waals surface area (Å²) in [6.45, 7) is 3.65. The average molecular weight is 270 g/mol. The smallest absolute Gasteiger partial charge is 0.225 e. The van der Waals surface area contributed by atoms with Crippen LogP contribution in [0.3, 0.4) is 0 Å². The van der Waals surface area contributed by atoms with Crippen LogP contribution in [0.2, 0.25) is 0 Å². The summed E-state index contributed by atoms with van der Waals surface area (Å²) in [5, 5.41) is 12.8. The SMILES string of the molecule is C=CCSC1=C(C#N)[C@@H](c2ccccc2)CC(=O)N1. The van der Waals surface area contributed by atoms with Gasteiger partial charge in [-0.05, 0) is 5.56 Å². The van der Waals surface area contributed by atoms with Gasteiger partial charge in [0.2, 0.25) is 5.91 Å². The third kappa shape index (κ3) is 3.07. The van der Waals surface area contributed by atoms with Gasteiger partial charge in [-0.25, -0.2) is 0 Å². The molecule has 4 heteroatoms. The number of nitrogens with one attached hydrogen (secondary N) is 1. The number of allylic oxidation sites excluding steroid dienone is 1. The van der Waals surface area contributed by atoms with Crippen molar-refractivity contribution in [3.8, 4) is 6.07 Å². The summed E-state index contributed by atoms with van der Waals surface area (Å²) in [5.41, 5.74) is 1.64. The zero-order chi connectivity index (χ0) is 13.7. The molecule has 1 heterocycles. The Morgan fingerprint density at radius 3 is 2.84 bits per heavy atom. The molecule has 1 aromatic carbocycles. The molecule has 0 fully saturated rings. The van der Waals surface area contributed by atoms with E-state index < -0.39 is 0 Å². The van der Waals surface area contributed by atoms with Crippen LogP contribution in [-0.2, 0) is 4.79 Å². The molecule has 3 nitrogen and oxygen atoms in total. The minimum Gasteiger partial charge on any atom is -0.320 e. The first-order chi connectivity index (χ1) is 9.26. The molecule has 1 amide bonds. The molecule has 0 bridgehead atoms. The van der Waals surface area contributed by atoms with Crippen molar-refractivity contribution in [2.75, 3.05) is 5.75 Å². The van der Waals surface area contributed by atoms with E-state index in [0.717, 1.165) is 5.56 Å². The number of benzene rings is 1. The fourth-order valence-electron chi connectivity index (χ4n) is 2.05. The van der Waals surface area contributed by atoms with Gasteiger partial charge in [-0.1, -0.05) is 36.4 Å². The average Bonchev–Trinajstić information content (AvgIpc) is 2.45. The lowest BCUT2D eigenvalue weighted by Crippen LogP contribution is -2.30. The van der Waals surface area contributed by atoms with Crippen molar-refractivity contribution in [3.05, 3.63) is 59.2 Å². The number of carbonyl (C=O) groups excluding carboxylic acids is 1. The largest absolute Gasteiger partial charge is 0.320 e. The Morgan fingerprint density at radius 2 is 2.21 bits per heavy atom. The van der Waals surface area contributed by atoms with E-state index >= 15 is 0 Å². The van der Waals surface area contributed by atoms with Crippen LogP contribution in [0.25, 0.3) is 0 Å².